The summed E-state index contributed by atoms with van der Waals surface area (Å²) in [5, 5.41) is 3.64. The number of rotatable bonds is 4. The molecule has 1 saturated heterocycles. The fourth-order valence-electron chi connectivity index (χ4n) is 3.15. The van der Waals surface area contributed by atoms with Gasteiger partial charge in [-0.1, -0.05) is 12.8 Å². The molecule has 20 heavy (non-hydrogen) atoms. The minimum atomic E-state index is 0.652. The molecule has 2 aliphatic rings. The predicted molar refractivity (Wildman–Crippen MR) is 84.1 cm³/mol. The lowest BCUT2D eigenvalue weighted by molar-refractivity contribution is 0.609. The number of pyridine rings is 1. The molecule has 1 unspecified atom stereocenters. The van der Waals surface area contributed by atoms with Crippen LogP contribution in [0.5, 0.6) is 0 Å². The standard InChI is InChI=1S/C17H27N3/c1-13-10-17(20-9-5-3-4-6-14(20)2)15(11-18-13)12-19-16-7-8-16/h10-11,14,16,19H,3-9,12H2,1-2H3. The molecule has 1 aromatic heterocycles. The van der Waals surface area contributed by atoms with E-state index in [1.807, 2.05) is 0 Å². The third kappa shape index (κ3) is 3.32. The lowest BCUT2D eigenvalue weighted by atomic mass is 10.1. The average Bonchev–Trinajstić information content (AvgIpc) is 3.25. The van der Waals surface area contributed by atoms with Crippen LogP contribution in [0.1, 0.15) is 56.7 Å². The first-order valence-electron chi connectivity index (χ1n) is 8.19. The zero-order valence-corrected chi connectivity index (χ0v) is 12.9. The van der Waals surface area contributed by atoms with Gasteiger partial charge in [-0.3, -0.25) is 4.98 Å². The number of anilines is 1. The van der Waals surface area contributed by atoms with Gasteiger partial charge in [0.2, 0.25) is 0 Å². The van der Waals surface area contributed by atoms with E-state index < -0.39 is 0 Å². The van der Waals surface area contributed by atoms with Crippen molar-refractivity contribution in [2.75, 3.05) is 11.4 Å². The Morgan fingerprint density at radius 2 is 2.10 bits per heavy atom. The lowest BCUT2D eigenvalue weighted by Gasteiger charge is -2.31. The normalized spacial score (nSPS) is 23.7. The molecule has 1 aromatic rings. The zero-order chi connectivity index (χ0) is 13.9. The third-order valence-corrected chi connectivity index (χ3v) is 4.62. The highest BCUT2D eigenvalue weighted by Gasteiger charge is 2.23. The number of hydrogen-bond donors (Lipinski definition) is 1. The van der Waals surface area contributed by atoms with E-state index in [1.165, 1.54) is 56.3 Å². The number of aryl methyl sites for hydroxylation is 1. The SMILES string of the molecule is Cc1cc(N2CCCCCC2C)c(CNC2CC2)cn1. The molecule has 1 atom stereocenters. The molecule has 0 amide bonds. The van der Waals surface area contributed by atoms with Gasteiger partial charge in [-0.25, -0.2) is 0 Å². The average molecular weight is 273 g/mol. The van der Waals surface area contributed by atoms with Crippen LogP contribution < -0.4 is 10.2 Å². The Hall–Kier alpha value is -1.09. The van der Waals surface area contributed by atoms with E-state index in [0.717, 1.165) is 18.3 Å². The molecule has 0 bridgehead atoms. The van der Waals surface area contributed by atoms with Crippen molar-refractivity contribution in [1.29, 1.82) is 0 Å². The summed E-state index contributed by atoms with van der Waals surface area (Å²) in [6, 6.07) is 3.69. The Kier molecular flexibility index (Phi) is 4.25. The van der Waals surface area contributed by atoms with E-state index in [4.69, 9.17) is 0 Å². The molecule has 110 valence electrons. The van der Waals surface area contributed by atoms with E-state index in [9.17, 15) is 0 Å². The summed E-state index contributed by atoms with van der Waals surface area (Å²) in [5.41, 5.74) is 3.92. The first-order valence-corrected chi connectivity index (χ1v) is 8.19. The van der Waals surface area contributed by atoms with Gasteiger partial charge in [0.15, 0.2) is 0 Å². The van der Waals surface area contributed by atoms with Gasteiger partial charge in [-0.15, -0.1) is 0 Å². The van der Waals surface area contributed by atoms with Crippen molar-refractivity contribution in [3.05, 3.63) is 23.5 Å². The summed E-state index contributed by atoms with van der Waals surface area (Å²) < 4.78 is 0. The molecule has 0 aromatic carbocycles. The second-order valence-corrected chi connectivity index (χ2v) is 6.50. The third-order valence-electron chi connectivity index (χ3n) is 4.62. The Morgan fingerprint density at radius 1 is 1.25 bits per heavy atom. The van der Waals surface area contributed by atoms with Gasteiger partial charge in [0, 0.05) is 48.3 Å². The van der Waals surface area contributed by atoms with E-state index >= 15 is 0 Å². The highest BCUT2D eigenvalue weighted by atomic mass is 15.2. The van der Waals surface area contributed by atoms with E-state index in [1.54, 1.807) is 0 Å². The maximum absolute atomic E-state index is 4.51. The van der Waals surface area contributed by atoms with Crippen LogP contribution in [-0.2, 0) is 6.54 Å². The van der Waals surface area contributed by atoms with Crippen LogP contribution in [0.2, 0.25) is 0 Å². The van der Waals surface area contributed by atoms with E-state index in [2.05, 4.69) is 41.3 Å². The monoisotopic (exact) mass is 273 g/mol. The quantitative estimate of drug-likeness (QED) is 0.911. The van der Waals surface area contributed by atoms with E-state index in [-0.39, 0.29) is 0 Å². The Labute approximate surface area is 122 Å². The van der Waals surface area contributed by atoms with Gasteiger partial charge in [0.05, 0.1) is 0 Å². The topological polar surface area (TPSA) is 28.2 Å². The van der Waals surface area contributed by atoms with Crippen molar-refractivity contribution < 1.29 is 0 Å². The van der Waals surface area contributed by atoms with Crippen LogP contribution in [-0.4, -0.2) is 23.6 Å². The molecule has 1 aliphatic carbocycles. The molecule has 0 radical (unpaired) electrons. The molecule has 1 aliphatic heterocycles. The second kappa shape index (κ2) is 6.13. The van der Waals surface area contributed by atoms with Crippen LogP contribution >= 0.6 is 0 Å². The first-order chi connectivity index (χ1) is 9.74. The molecule has 3 nitrogen and oxygen atoms in total. The molecule has 3 rings (SSSR count). The lowest BCUT2D eigenvalue weighted by Crippen LogP contribution is -2.34. The molecule has 3 heteroatoms. The molecular weight excluding hydrogens is 246 g/mol. The fraction of sp³-hybridized carbons (Fsp3) is 0.706. The summed E-state index contributed by atoms with van der Waals surface area (Å²) in [7, 11) is 0. The fourth-order valence-corrected chi connectivity index (χ4v) is 3.15. The van der Waals surface area contributed by atoms with Gasteiger partial charge in [0.25, 0.3) is 0 Å². The maximum Gasteiger partial charge on any atom is 0.0447 e. The molecular formula is C17H27N3. The molecule has 2 heterocycles. The van der Waals surface area contributed by atoms with Crippen LogP contribution in [0.4, 0.5) is 5.69 Å². The van der Waals surface area contributed by atoms with Crippen molar-refractivity contribution in [1.82, 2.24) is 10.3 Å². The molecule has 1 N–H and O–H groups in total. The largest absolute Gasteiger partial charge is 0.368 e. The van der Waals surface area contributed by atoms with Crippen molar-refractivity contribution in [2.24, 2.45) is 0 Å². The maximum atomic E-state index is 4.51. The van der Waals surface area contributed by atoms with Crippen LogP contribution in [0.25, 0.3) is 0 Å². The van der Waals surface area contributed by atoms with Crippen LogP contribution in [0.3, 0.4) is 0 Å². The number of aromatic nitrogens is 1. The summed E-state index contributed by atoms with van der Waals surface area (Å²) in [6.07, 6.45) is 10.1. The minimum Gasteiger partial charge on any atom is -0.368 e. The number of nitrogens with one attached hydrogen (secondary N) is 1. The summed E-state index contributed by atoms with van der Waals surface area (Å²) >= 11 is 0. The van der Waals surface area contributed by atoms with Crippen molar-refractivity contribution in [3.63, 3.8) is 0 Å². The zero-order valence-electron chi connectivity index (χ0n) is 12.9. The highest BCUT2D eigenvalue weighted by molar-refractivity contribution is 5.54. The summed E-state index contributed by atoms with van der Waals surface area (Å²) in [6.45, 7) is 6.64. The van der Waals surface area contributed by atoms with Crippen LogP contribution in [0, 0.1) is 6.92 Å². The number of nitrogens with zero attached hydrogens (tertiary/aromatic N) is 2. The van der Waals surface area contributed by atoms with Gasteiger partial charge < -0.3 is 10.2 Å². The van der Waals surface area contributed by atoms with Gasteiger partial charge in [0.1, 0.15) is 0 Å². The van der Waals surface area contributed by atoms with Crippen molar-refractivity contribution in [2.45, 2.75) is 71.0 Å². The summed E-state index contributed by atoms with van der Waals surface area (Å²) in [5.74, 6) is 0. The molecule has 0 spiro atoms. The number of hydrogen-bond acceptors (Lipinski definition) is 3. The molecule has 2 fully saturated rings. The van der Waals surface area contributed by atoms with Gasteiger partial charge >= 0.3 is 0 Å². The van der Waals surface area contributed by atoms with Crippen molar-refractivity contribution >= 4 is 5.69 Å². The summed E-state index contributed by atoms with van der Waals surface area (Å²) in [4.78, 5) is 7.13. The predicted octanol–water partition coefficient (Wildman–Crippen LogP) is 3.41. The van der Waals surface area contributed by atoms with Crippen LogP contribution in [0.15, 0.2) is 12.3 Å². The highest BCUT2D eigenvalue weighted by Crippen LogP contribution is 2.28. The van der Waals surface area contributed by atoms with Gasteiger partial charge in [-0.2, -0.15) is 0 Å². The minimum absolute atomic E-state index is 0.652. The smallest absolute Gasteiger partial charge is 0.0447 e. The van der Waals surface area contributed by atoms with Crippen molar-refractivity contribution in [3.8, 4) is 0 Å². The molecule has 1 saturated carbocycles. The Morgan fingerprint density at radius 3 is 2.90 bits per heavy atom. The van der Waals surface area contributed by atoms with E-state index in [0.29, 0.717) is 6.04 Å². The Bertz CT molecular complexity index is 454. The second-order valence-electron chi connectivity index (χ2n) is 6.50. The Balaban J connectivity index is 1.82. The van der Waals surface area contributed by atoms with Gasteiger partial charge in [-0.05, 0) is 45.6 Å². The first kappa shape index (κ1) is 13.9.